The first-order valence-electron chi connectivity index (χ1n) is 5.46. The summed E-state index contributed by atoms with van der Waals surface area (Å²) >= 11 is 0. The summed E-state index contributed by atoms with van der Waals surface area (Å²) in [6.07, 6.45) is 3.15. The van der Waals surface area contributed by atoms with Crippen molar-refractivity contribution in [3.05, 3.63) is 42.9 Å². The molecule has 0 radical (unpaired) electrons. The highest BCUT2D eigenvalue weighted by Crippen LogP contribution is 2.39. The lowest BCUT2D eigenvalue weighted by atomic mass is 10.1. The van der Waals surface area contributed by atoms with Gasteiger partial charge in [-0.15, -0.1) is 0 Å². The first kappa shape index (κ1) is 9.85. The van der Waals surface area contributed by atoms with Gasteiger partial charge in [0, 0.05) is 5.56 Å². The first-order valence-corrected chi connectivity index (χ1v) is 6.61. The third-order valence-electron chi connectivity index (χ3n) is 3.00. The minimum absolute atomic E-state index is 0.727. The maximum absolute atomic E-state index is 12.4. The van der Waals surface area contributed by atoms with Gasteiger partial charge in [0.25, 0.3) is 0 Å². The van der Waals surface area contributed by atoms with E-state index in [0.717, 1.165) is 32.1 Å². The van der Waals surface area contributed by atoms with Crippen molar-refractivity contribution in [2.75, 3.05) is 0 Å². The molecule has 86 valence electrons. The van der Waals surface area contributed by atoms with E-state index in [-0.39, 0.29) is 0 Å². The number of aromatic nitrogens is 3. The number of hydrogen-bond acceptors (Lipinski definition) is 4. The molecule has 18 heavy (non-hydrogen) atoms. The van der Waals surface area contributed by atoms with Gasteiger partial charge in [0.05, 0.1) is 38.0 Å². The predicted molar refractivity (Wildman–Crippen MR) is 67.4 cm³/mol. The van der Waals surface area contributed by atoms with Crippen LogP contribution in [0.25, 0.3) is 22.3 Å². The Bertz CT molecular complexity index is 816. The molecule has 1 unspecified atom stereocenters. The Morgan fingerprint density at radius 3 is 2.89 bits per heavy atom. The van der Waals surface area contributed by atoms with Crippen molar-refractivity contribution >= 4 is 21.8 Å². The minimum Gasteiger partial charge on any atom is -0.249 e. The molecule has 0 amide bonds. The molecule has 1 aliphatic rings. The topological polar surface area (TPSA) is 55.7 Å². The van der Waals surface area contributed by atoms with E-state index in [0.29, 0.717) is 0 Å². The largest absolute Gasteiger partial charge is 0.249 e. The van der Waals surface area contributed by atoms with E-state index in [4.69, 9.17) is 0 Å². The molecule has 2 aromatic heterocycles. The van der Waals surface area contributed by atoms with Crippen LogP contribution in [-0.4, -0.2) is 19.2 Å². The Labute approximate surface area is 105 Å². The average molecular weight is 253 g/mol. The molecule has 0 spiro atoms. The molecule has 1 aliphatic heterocycles. The lowest BCUT2D eigenvalue weighted by molar-refractivity contribution is 0.685. The molecular formula is C13H7N3OS. The Morgan fingerprint density at radius 1 is 1.06 bits per heavy atom. The zero-order valence-corrected chi connectivity index (χ0v) is 10.0. The molecule has 5 heteroatoms. The Hall–Kier alpha value is -2.14. The second-order valence-electron chi connectivity index (χ2n) is 4.03. The highest BCUT2D eigenvalue weighted by molar-refractivity contribution is 7.85. The monoisotopic (exact) mass is 253 g/mol. The van der Waals surface area contributed by atoms with Gasteiger partial charge in [-0.3, -0.25) is 0 Å². The summed E-state index contributed by atoms with van der Waals surface area (Å²) in [5.41, 5.74) is 3.18. The maximum atomic E-state index is 12.4. The van der Waals surface area contributed by atoms with Crippen LogP contribution >= 0.6 is 0 Å². The molecule has 0 fully saturated rings. The molecule has 0 N–H and O–H groups in total. The van der Waals surface area contributed by atoms with Gasteiger partial charge in [-0.05, 0) is 12.1 Å². The maximum Gasteiger partial charge on any atom is 0.116 e. The first-order chi connectivity index (χ1) is 8.84. The predicted octanol–water partition coefficient (Wildman–Crippen LogP) is 2.17. The zero-order valence-electron chi connectivity index (χ0n) is 9.20. The fraction of sp³-hybridized carbons (Fsp3) is 0. The lowest BCUT2D eigenvalue weighted by Crippen LogP contribution is -1.91. The van der Waals surface area contributed by atoms with E-state index >= 15 is 0 Å². The molecule has 3 heterocycles. The molecular weight excluding hydrogens is 246 g/mol. The molecule has 4 nitrogen and oxygen atoms in total. The summed E-state index contributed by atoms with van der Waals surface area (Å²) in [5.74, 6) is 0. The van der Waals surface area contributed by atoms with Gasteiger partial charge < -0.3 is 0 Å². The Kier molecular flexibility index (Phi) is 1.87. The summed E-state index contributed by atoms with van der Waals surface area (Å²) < 4.78 is 12.4. The van der Waals surface area contributed by atoms with E-state index in [1.807, 2.05) is 30.3 Å². The van der Waals surface area contributed by atoms with Crippen molar-refractivity contribution in [1.29, 1.82) is 0 Å². The SMILES string of the molecule is O=S1c2ccccc2-c2nc3cncnc3cc21. The third-order valence-corrected chi connectivity index (χ3v) is 4.46. The van der Waals surface area contributed by atoms with Crippen molar-refractivity contribution in [2.24, 2.45) is 0 Å². The van der Waals surface area contributed by atoms with Crippen molar-refractivity contribution in [1.82, 2.24) is 15.0 Å². The van der Waals surface area contributed by atoms with Crippen LogP contribution in [0.5, 0.6) is 0 Å². The smallest absolute Gasteiger partial charge is 0.116 e. The molecule has 4 rings (SSSR count). The number of fused-ring (bicyclic) bond motifs is 4. The molecule has 0 saturated carbocycles. The number of pyridine rings is 1. The normalized spacial score (nSPS) is 16.6. The Balaban J connectivity index is 2.14. The second kappa shape index (κ2) is 3.43. The van der Waals surface area contributed by atoms with Crippen LogP contribution in [0.4, 0.5) is 0 Å². The molecule has 0 aliphatic carbocycles. The van der Waals surface area contributed by atoms with Gasteiger partial charge in [-0.25, -0.2) is 19.2 Å². The highest BCUT2D eigenvalue weighted by Gasteiger charge is 2.27. The van der Waals surface area contributed by atoms with Crippen molar-refractivity contribution in [3.8, 4) is 11.3 Å². The Morgan fingerprint density at radius 2 is 1.94 bits per heavy atom. The van der Waals surface area contributed by atoms with Crippen LogP contribution < -0.4 is 0 Å². The number of benzene rings is 1. The summed E-state index contributed by atoms with van der Waals surface area (Å²) in [6, 6.07) is 9.49. The van der Waals surface area contributed by atoms with Crippen molar-refractivity contribution in [3.63, 3.8) is 0 Å². The van der Waals surface area contributed by atoms with Gasteiger partial charge in [-0.2, -0.15) is 0 Å². The number of rotatable bonds is 0. The van der Waals surface area contributed by atoms with Crippen LogP contribution in [0.2, 0.25) is 0 Å². The fourth-order valence-electron chi connectivity index (χ4n) is 2.17. The summed E-state index contributed by atoms with van der Waals surface area (Å²) in [5, 5.41) is 0. The van der Waals surface area contributed by atoms with Gasteiger partial charge >= 0.3 is 0 Å². The zero-order chi connectivity index (χ0) is 12.1. The average Bonchev–Trinajstić information content (AvgIpc) is 2.71. The van der Waals surface area contributed by atoms with Crippen LogP contribution in [0.15, 0.2) is 52.6 Å². The van der Waals surface area contributed by atoms with E-state index in [9.17, 15) is 4.21 Å². The fourth-order valence-corrected chi connectivity index (χ4v) is 3.53. The van der Waals surface area contributed by atoms with E-state index < -0.39 is 10.8 Å². The lowest BCUT2D eigenvalue weighted by Gasteiger charge is -2.00. The van der Waals surface area contributed by atoms with Crippen LogP contribution in [0.3, 0.4) is 0 Å². The van der Waals surface area contributed by atoms with Gasteiger partial charge in [0.1, 0.15) is 11.8 Å². The van der Waals surface area contributed by atoms with Gasteiger partial charge in [0.2, 0.25) is 0 Å². The molecule has 3 aromatic rings. The molecule has 1 aromatic carbocycles. The van der Waals surface area contributed by atoms with Gasteiger partial charge in [0.15, 0.2) is 0 Å². The minimum atomic E-state index is -1.15. The van der Waals surface area contributed by atoms with Crippen LogP contribution in [-0.2, 0) is 10.8 Å². The van der Waals surface area contributed by atoms with E-state index in [2.05, 4.69) is 15.0 Å². The van der Waals surface area contributed by atoms with Gasteiger partial charge in [-0.1, -0.05) is 18.2 Å². The molecule has 0 bridgehead atoms. The summed E-state index contributed by atoms with van der Waals surface area (Å²) in [4.78, 5) is 14.2. The number of nitrogens with zero attached hydrogens (tertiary/aromatic N) is 3. The number of hydrogen-bond donors (Lipinski definition) is 0. The highest BCUT2D eigenvalue weighted by atomic mass is 32.2. The second-order valence-corrected chi connectivity index (χ2v) is 5.44. The van der Waals surface area contributed by atoms with Crippen molar-refractivity contribution < 1.29 is 4.21 Å². The summed E-state index contributed by atoms with van der Waals surface area (Å²) in [7, 11) is -1.15. The molecule has 1 atom stereocenters. The quantitative estimate of drug-likeness (QED) is 0.482. The van der Waals surface area contributed by atoms with Crippen LogP contribution in [0, 0.1) is 0 Å². The van der Waals surface area contributed by atoms with E-state index in [1.54, 1.807) is 6.20 Å². The van der Waals surface area contributed by atoms with Crippen LogP contribution in [0.1, 0.15) is 0 Å². The van der Waals surface area contributed by atoms with E-state index in [1.165, 1.54) is 6.33 Å². The molecule has 0 saturated heterocycles. The summed E-state index contributed by atoms with van der Waals surface area (Å²) in [6.45, 7) is 0. The third kappa shape index (κ3) is 1.19. The standard InChI is InChI=1S/C13H7N3OS/c17-18-11-4-2-1-3-8(11)13-12(18)5-9-10(16-13)6-14-7-15-9/h1-7H. The van der Waals surface area contributed by atoms with Crippen molar-refractivity contribution in [2.45, 2.75) is 9.79 Å².